The zero-order chi connectivity index (χ0) is 12.5. The molecular weight excluding hydrogens is 232 g/mol. The molecule has 1 rings (SSSR count). The molecule has 0 amide bonds. The number of hydrogen-bond donors (Lipinski definition) is 2. The summed E-state index contributed by atoms with van der Waals surface area (Å²) in [4.78, 5) is 0. The summed E-state index contributed by atoms with van der Waals surface area (Å²) in [5, 5.41) is 7.02. The third kappa shape index (κ3) is 5.65. The van der Waals surface area contributed by atoms with Crippen molar-refractivity contribution in [3.63, 3.8) is 0 Å². The maximum absolute atomic E-state index is 5.22. The highest BCUT2D eigenvalue weighted by atomic mass is 32.1. The minimum absolute atomic E-state index is 0.211. The second kappa shape index (κ2) is 8.03. The second-order valence-electron chi connectivity index (χ2n) is 3.73. The van der Waals surface area contributed by atoms with Gasteiger partial charge in [-0.05, 0) is 31.6 Å². The van der Waals surface area contributed by atoms with E-state index in [1.54, 1.807) is 0 Å². The van der Waals surface area contributed by atoms with Gasteiger partial charge in [0.2, 0.25) is 0 Å². The zero-order valence-corrected chi connectivity index (χ0v) is 11.2. The molecular formula is C13H20N2OS. The van der Waals surface area contributed by atoms with E-state index in [0.29, 0.717) is 11.7 Å². The quantitative estimate of drug-likeness (QED) is 0.601. The molecule has 1 aromatic rings. The highest BCUT2D eigenvalue weighted by molar-refractivity contribution is 7.80. The Labute approximate surface area is 109 Å². The van der Waals surface area contributed by atoms with E-state index in [9.17, 15) is 0 Å². The molecule has 0 spiro atoms. The standard InChI is InChI=1S/C13H20N2OS/c1-3-16-10-9-14-13(17)15-11(2)12-7-5-4-6-8-12/h4-8,11H,3,9-10H2,1-2H3,(H2,14,15,17)/t11-/m0/s1. The zero-order valence-electron chi connectivity index (χ0n) is 10.4. The Kier molecular flexibility index (Phi) is 6.58. The van der Waals surface area contributed by atoms with Crippen LogP contribution in [-0.2, 0) is 4.74 Å². The third-order valence-corrected chi connectivity index (χ3v) is 2.65. The van der Waals surface area contributed by atoms with Crippen molar-refractivity contribution >= 4 is 17.3 Å². The number of rotatable bonds is 6. The maximum Gasteiger partial charge on any atom is 0.166 e. The van der Waals surface area contributed by atoms with Crippen LogP contribution < -0.4 is 10.6 Å². The van der Waals surface area contributed by atoms with Gasteiger partial charge in [-0.1, -0.05) is 30.3 Å². The van der Waals surface area contributed by atoms with Crippen molar-refractivity contribution in [3.8, 4) is 0 Å². The summed E-state index contributed by atoms with van der Waals surface area (Å²) in [5.41, 5.74) is 1.22. The highest BCUT2D eigenvalue weighted by Gasteiger charge is 2.05. The lowest BCUT2D eigenvalue weighted by atomic mass is 10.1. The fourth-order valence-corrected chi connectivity index (χ4v) is 1.73. The number of ether oxygens (including phenoxy) is 1. The molecule has 0 heterocycles. The molecule has 0 aromatic heterocycles. The fraction of sp³-hybridized carbons (Fsp3) is 0.462. The van der Waals surface area contributed by atoms with Crippen LogP contribution in [0.15, 0.2) is 30.3 Å². The normalized spacial score (nSPS) is 11.9. The molecule has 3 nitrogen and oxygen atoms in total. The summed E-state index contributed by atoms with van der Waals surface area (Å²) in [5.74, 6) is 0. The smallest absolute Gasteiger partial charge is 0.166 e. The van der Waals surface area contributed by atoms with E-state index in [-0.39, 0.29) is 6.04 Å². The lowest BCUT2D eigenvalue weighted by Crippen LogP contribution is -2.38. The largest absolute Gasteiger partial charge is 0.380 e. The molecule has 94 valence electrons. The Bertz CT molecular complexity index is 329. The number of thiocarbonyl (C=S) groups is 1. The van der Waals surface area contributed by atoms with Gasteiger partial charge in [-0.3, -0.25) is 0 Å². The van der Waals surface area contributed by atoms with E-state index in [2.05, 4.69) is 29.7 Å². The molecule has 0 saturated carbocycles. The van der Waals surface area contributed by atoms with Crippen molar-refractivity contribution in [1.82, 2.24) is 10.6 Å². The van der Waals surface area contributed by atoms with Gasteiger partial charge < -0.3 is 15.4 Å². The Morgan fingerprint density at radius 3 is 2.71 bits per heavy atom. The predicted octanol–water partition coefficient (Wildman–Crippen LogP) is 2.25. The van der Waals surface area contributed by atoms with Gasteiger partial charge in [-0.25, -0.2) is 0 Å². The summed E-state index contributed by atoms with van der Waals surface area (Å²) in [7, 11) is 0. The first-order valence-electron chi connectivity index (χ1n) is 5.91. The van der Waals surface area contributed by atoms with E-state index in [4.69, 9.17) is 17.0 Å². The van der Waals surface area contributed by atoms with Crippen molar-refractivity contribution in [2.45, 2.75) is 19.9 Å². The first kappa shape index (κ1) is 13.9. The molecule has 0 unspecified atom stereocenters. The summed E-state index contributed by atoms with van der Waals surface area (Å²) < 4.78 is 5.22. The third-order valence-electron chi connectivity index (χ3n) is 2.38. The molecule has 0 aliphatic rings. The van der Waals surface area contributed by atoms with Crippen LogP contribution in [-0.4, -0.2) is 24.9 Å². The molecule has 0 fully saturated rings. The lowest BCUT2D eigenvalue weighted by Gasteiger charge is -2.17. The summed E-state index contributed by atoms with van der Waals surface area (Å²) in [6.45, 7) is 6.22. The van der Waals surface area contributed by atoms with E-state index in [1.165, 1.54) is 5.56 Å². The van der Waals surface area contributed by atoms with Crippen LogP contribution in [0.5, 0.6) is 0 Å². The van der Waals surface area contributed by atoms with Crippen LogP contribution in [0.2, 0.25) is 0 Å². The molecule has 0 aliphatic carbocycles. The molecule has 0 bridgehead atoms. The van der Waals surface area contributed by atoms with Crippen LogP contribution in [0.4, 0.5) is 0 Å². The Morgan fingerprint density at radius 1 is 1.35 bits per heavy atom. The van der Waals surface area contributed by atoms with Crippen molar-refractivity contribution in [3.05, 3.63) is 35.9 Å². The fourth-order valence-electron chi connectivity index (χ4n) is 1.45. The van der Waals surface area contributed by atoms with Crippen LogP contribution >= 0.6 is 12.2 Å². The van der Waals surface area contributed by atoms with Gasteiger partial charge in [0.25, 0.3) is 0 Å². The van der Waals surface area contributed by atoms with Crippen molar-refractivity contribution in [2.75, 3.05) is 19.8 Å². The van der Waals surface area contributed by atoms with E-state index in [1.807, 2.05) is 25.1 Å². The molecule has 4 heteroatoms. The van der Waals surface area contributed by atoms with Gasteiger partial charge in [0.15, 0.2) is 5.11 Å². The molecule has 17 heavy (non-hydrogen) atoms. The highest BCUT2D eigenvalue weighted by Crippen LogP contribution is 2.10. The first-order valence-corrected chi connectivity index (χ1v) is 6.32. The molecule has 0 saturated heterocycles. The van der Waals surface area contributed by atoms with Crippen LogP contribution in [0.1, 0.15) is 25.5 Å². The topological polar surface area (TPSA) is 33.3 Å². The van der Waals surface area contributed by atoms with Gasteiger partial charge >= 0.3 is 0 Å². The first-order chi connectivity index (χ1) is 8.24. The number of hydrogen-bond acceptors (Lipinski definition) is 2. The van der Waals surface area contributed by atoms with Gasteiger partial charge in [0.1, 0.15) is 0 Å². The van der Waals surface area contributed by atoms with Gasteiger partial charge in [-0.15, -0.1) is 0 Å². The minimum atomic E-state index is 0.211. The summed E-state index contributed by atoms with van der Waals surface area (Å²) in [6, 6.07) is 10.4. The monoisotopic (exact) mass is 252 g/mol. The average molecular weight is 252 g/mol. The second-order valence-corrected chi connectivity index (χ2v) is 4.14. The average Bonchev–Trinajstić information content (AvgIpc) is 2.36. The molecule has 0 aliphatic heterocycles. The van der Waals surface area contributed by atoms with Gasteiger partial charge in [0.05, 0.1) is 12.6 Å². The predicted molar refractivity (Wildman–Crippen MR) is 75.1 cm³/mol. The Morgan fingerprint density at radius 2 is 2.06 bits per heavy atom. The maximum atomic E-state index is 5.22. The molecule has 1 atom stereocenters. The van der Waals surface area contributed by atoms with E-state index < -0.39 is 0 Å². The Balaban J connectivity index is 2.26. The number of benzene rings is 1. The molecule has 1 aromatic carbocycles. The van der Waals surface area contributed by atoms with Crippen LogP contribution in [0.3, 0.4) is 0 Å². The van der Waals surface area contributed by atoms with Crippen LogP contribution in [0, 0.1) is 0 Å². The summed E-state index contributed by atoms with van der Waals surface area (Å²) >= 11 is 5.20. The lowest BCUT2D eigenvalue weighted by molar-refractivity contribution is 0.152. The van der Waals surface area contributed by atoms with Crippen molar-refractivity contribution in [1.29, 1.82) is 0 Å². The number of nitrogens with one attached hydrogen (secondary N) is 2. The minimum Gasteiger partial charge on any atom is -0.380 e. The molecule has 2 N–H and O–H groups in total. The van der Waals surface area contributed by atoms with Crippen LogP contribution in [0.25, 0.3) is 0 Å². The Hall–Kier alpha value is -1.13. The van der Waals surface area contributed by atoms with Crippen molar-refractivity contribution in [2.24, 2.45) is 0 Å². The molecule has 0 radical (unpaired) electrons. The SMILES string of the molecule is CCOCCNC(=S)N[C@@H](C)c1ccccc1. The van der Waals surface area contributed by atoms with Gasteiger partial charge in [0, 0.05) is 13.2 Å². The van der Waals surface area contributed by atoms with E-state index in [0.717, 1.165) is 13.2 Å². The van der Waals surface area contributed by atoms with Crippen molar-refractivity contribution < 1.29 is 4.74 Å². The summed E-state index contributed by atoms with van der Waals surface area (Å²) in [6.07, 6.45) is 0. The van der Waals surface area contributed by atoms with E-state index >= 15 is 0 Å². The van der Waals surface area contributed by atoms with Gasteiger partial charge in [-0.2, -0.15) is 0 Å².